The Morgan fingerprint density at radius 3 is 2.43 bits per heavy atom. The first-order valence-corrected chi connectivity index (χ1v) is 8.40. The van der Waals surface area contributed by atoms with Crippen molar-refractivity contribution in [2.45, 2.75) is 18.8 Å². The summed E-state index contributed by atoms with van der Waals surface area (Å²) in [6.45, 7) is 3.55. The molecule has 4 rings (SSSR count). The molecule has 2 aliphatic rings. The predicted molar refractivity (Wildman–Crippen MR) is 91.5 cm³/mol. The summed E-state index contributed by atoms with van der Waals surface area (Å²) in [7, 11) is 0. The number of aromatic nitrogens is 2. The van der Waals surface area contributed by atoms with Crippen LogP contribution in [-0.4, -0.2) is 41.3 Å². The minimum Gasteiger partial charge on any atom is -0.508 e. The van der Waals surface area contributed by atoms with Gasteiger partial charge in [0.25, 0.3) is 0 Å². The van der Waals surface area contributed by atoms with Crippen LogP contribution in [0.1, 0.15) is 24.6 Å². The lowest BCUT2D eigenvalue weighted by atomic mass is 10.2. The van der Waals surface area contributed by atoms with Crippen molar-refractivity contribution in [1.82, 2.24) is 9.97 Å². The van der Waals surface area contributed by atoms with Crippen molar-refractivity contribution in [2.75, 3.05) is 36.0 Å². The summed E-state index contributed by atoms with van der Waals surface area (Å²) in [6, 6.07) is 9.27. The normalized spacial score (nSPS) is 18.3. The van der Waals surface area contributed by atoms with E-state index in [-0.39, 0.29) is 0 Å². The molecule has 1 aliphatic carbocycles. The van der Waals surface area contributed by atoms with Gasteiger partial charge in [-0.25, -0.2) is 9.97 Å². The number of phenolic OH excluding ortho intramolecular Hbond substituents is 1. The minimum atomic E-state index is 0.307. The highest BCUT2D eigenvalue weighted by atomic mass is 35.5. The van der Waals surface area contributed by atoms with Gasteiger partial charge in [0.1, 0.15) is 22.5 Å². The van der Waals surface area contributed by atoms with Crippen molar-refractivity contribution in [3.63, 3.8) is 0 Å². The average molecular weight is 331 g/mol. The molecular weight excluding hydrogens is 312 g/mol. The highest BCUT2D eigenvalue weighted by Gasteiger charge is 2.28. The lowest BCUT2D eigenvalue weighted by molar-refractivity contribution is 0.475. The van der Waals surface area contributed by atoms with Crippen LogP contribution in [-0.2, 0) is 0 Å². The van der Waals surface area contributed by atoms with E-state index in [9.17, 15) is 5.11 Å². The molecule has 2 fully saturated rings. The Hall–Kier alpha value is -2.01. The third-order valence-corrected chi connectivity index (χ3v) is 4.63. The van der Waals surface area contributed by atoms with Gasteiger partial charge in [-0.1, -0.05) is 17.7 Å². The lowest BCUT2D eigenvalue weighted by Crippen LogP contribution is -2.46. The molecule has 1 aromatic heterocycles. The van der Waals surface area contributed by atoms with Crippen LogP contribution in [0.2, 0.25) is 5.15 Å². The van der Waals surface area contributed by atoms with Gasteiger partial charge in [0, 0.05) is 49.9 Å². The topological polar surface area (TPSA) is 52.5 Å². The molecule has 0 unspecified atom stereocenters. The molecule has 1 saturated carbocycles. The highest BCUT2D eigenvalue weighted by molar-refractivity contribution is 6.29. The zero-order chi connectivity index (χ0) is 15.8. The maximum absolute atomic E-state index is 9.62. The van der Waals surface area contributed by atoms with E-state index in [1.165, 1.54) is 12.8 Å². The fourth-order valence-electron chi connectivity index (χ4n) is 2.99. The lowest BCUT2D eigenvalue weighted by Gasteiger charge is -2.36. The quantitative estimate of drug-likeness (QED) is 0.877. The summed E-state index contributed by atoms with van der Waals surface area (Å²) in [5.41, 5.74) is 1.06. The molecular formula is C17H19ClN4O. The van der Waals surface area contributed by atoms with E-state index in [1.807, 2.05) is 24.3 Å². The Kier molecular flexibility index (Phi) is 3.73. The van der Waals surface area contributed by atoms with Crippen molar-refractivity contribution >= 4 is 23.1 Å². The van der Waals surface area contributed by atoms with E-state index in [1.54, 1.807) is 6.07 Å². The van der Waals surface area contributed by atoms with Crippen LogP contribution in [0, 0.1) is 0 Å². The summed E-state index contributed by atoms with van der Waals surface area (Å²) < 4.78 is 0. The molecule has 5 nitrogen and oxygen atoms in total. The van der Waals surface area contributed by atoms with E-state index in [0.717, 1.165) is 43.5 Å². The maximum atomic E-state index is 9.62. The molecule has 0 amide bonds. The van der Waals surface area contributed by atoms with Crippen molar-refractivity contribution in [1.29, 1.82) is 0 Å². The molecule has 1 saturated heterocycles. The second kappa shape index (κ2) is 5.89. The number of nitrogens with zero attached hydrogens (tertiary/aromatic N) is 4. The Labute approximate surface area is 140 Å². The van der Waals surface area contributed by atoms with Gasteiger partial charge in [-0.15, -0.1) is 0 Å². The van der Waals surface area contributed by atoms with Crippen molar-refractivity contribution in [3.05, 3.63) is 41.3 Å². The van der Waals surface area contributed by atoms with E-state index < -0.39 is 0 Å². The molecule has 6 heteroatoms. The number of anilines is 2. The Morgan fingerprint density at radius 2 is 1.74 bits per heavy atom. The molecule has 1 aromatic carbocycles. The van der Waals surface area contributed by atoms with Crippen molar-refractivity contribution < 1.29 is 5.11 Å². The van der Waals surface area contributed by atoms with E-state index in [2.05, 4.69) is 14.8 Å². The molecule has 23 heavy (non-hydrogen) atoms. The first kappa shape index (κ1) is 14.6. The van der Waals surface area contributed by atoms with Crippen LogP contribution in [0.25, 0.3) is 0 Å². The van der Waals surface area contributed by atoms with Crippen LogP contribution in [0.4, 0.5) is 11.5 Å². The first-order valence-electron chi connectivity index (χ1n) is 8.02. The van der Waals surface area contributed by atoms with Gasteiger partial charge in [-0.3, -0.25) is 0 Å². The van der Waals surface area contributed by atoms with Crippen molar-refractivity contribution in [2.24, 2.45) is 0 Å². The molecule has 2 heterocycles. The zero-order valence-electron chi connectivity index (χ0n) is 12.8. The predicted octanol–water partition coefficient (Wildman–Crippen LogP) is 3.04. The summed E-state index contributed by atoms with van der Waals surface area (Å²) in [5, 5.41) is 10.2. The van der Waals surface area contributed by atoms with Crippen LogP contribution in [0.15, 0.2) is 30.3 Å². The fourth-order valence-corrected chi connectivity index (χ4v) is 3.18. The number of halogens is 1. The number of piperazine rings is 1. The molecule has 0 bridgehead atoms. The Morgan fingerprint density at radius 1 is 1.00 bits per heavy atom. The van der Waals surface area contributed by atoms with Gasteiger partial charge >= 0.3 is 0 Å². The molecule has 2 aromatic rings. The largest absolute Gasteiger partial charge is 0.508 e. The smallest absolute Gasteiger partial charge is 0.135 e. The SMILES string of the molecule is Oc1cccc(N2CCN(c3cc(Cl)nc(C4CC4)n3)CC2)c1. The number of hydrogen-bond acceptors (Lipinski definition) is 5. The minimum absolute atomic E-state index is 0.307. The second-order valence-electron chi connectivity index (χ2n) is 6.18. The summed E-state index contributed by atoms with van der Waals surface area (Å²) >= 11 is 6.17. The average Bonchev–Trinajstić information content (AvgIpc) is 3.39. The molecule has 1 N–H and O–H groups in total. The van der Waals surface area contributed by atoms with Gasteiger partial charge in [-0.05, 0) is 25.0 Å². The van der Waals surface area contributed by atoms with Gasteiger partial charge in [0.2, 0.25) is 0 Å². The number of rotatable bonds is 3. The number of phenols is 1. The molecule has 0 radical (unpaired) electrons. The summed E-state index contributed by atoms with van der Waals surface area (Å²) in [6.07, 6.45) is 2.34. The Bertz CT molecular complexity index is 711. The summed E-state index contributed by atoms with van der Waals surface area (Å²) in [4.78, 5) is 13.6. The first-order chi connectivity index (χ1) is 11.2. The Balaban J connectivity index is 1.47. The second-order valence-corrected chi connectivity index (χ2v) is 6.56. The monoisotopic (exact) mass is 330 g/mol. The maximum Gasteiger partial charge on any atom is 0.135 e. The van der Waals surface area contributed by atoms with E-state index >= 15 is 0 Å². The van der Waals surface area contributed by atoms with E-state index in [0.29, 0.717) is 16.8 Å². The summed E-state index contributed by atoms with van der Waals surface area (Å²) in [5.74, 6) is 2.63. The third-order valence-electron chi connectivity index (χ3n) is 4.44. The fraction of sp³-hybridized carbons (Fsp3) is 0.412. The standard InChI is InChI=1S/C17H19ClN4O/c18-15-11-16(20-17(19-15)12-4-5-12)22-8-6-21(7-9-22)13-2-1-3-14(23)10-13/h1-3,10-12,23H,4-9H2. The molecule has 1 aliphatic heterocycles. The van der Waals surface area contributed by atoms with Crippen LogP contribution >= 0.6 is 11.6 Å². The number of benzene rings is 1. The van der Waals surface area contributed by atoms with Crippen LogP contribution in [0.5, 0.6) is 5.75 Å². The van der Waals surface area contributed by atoms with Crippen LogP contribution in [0.3, 0.4) is 0 Å². The zero-order valence-corrected chi connectivity index (χ0v) is 13.6. The molecule has 0 spiro atoms. The molecule has 120 valence electrons. The van der Waals surface area contributed by atoms with Gasteiger partial charge in [0.05, 0.1) is 0 Å². The number of aromatic hydroxyl groups is 1. The van der Waals surface area contributed by atoms with Gasteiger partial charge < -0.3 is 14.9 Å². The van der Waals surface area contributed by atoms with Gasteiger partial charge in [0.15, 0.2) is 0 Å². The molecule has 0 atom stereocenters. The van der Waals surface area contributed by atoms with Gasteiger partial charge in [-0.2, -0.15) is 0 Å². The van der Waals surface area contributed by atoms with E-state index in [4.69, 9.17) is 16.6 Å². The van der Waals surface area contributed by atoms with Crippen LogP contribution < -0.4 is 9.80 Å². The highest BCUT2D eigenvalue weighted by Crippen LogP contribution is 2.39. The number of hydrogen-bond donors (Lipinski definition) is 1. The third kappa shape index (κ3) is 3.20. The van der Waals surface area contributed by atoms with Crippen molar-refractivity contribution in [3.8, 4) is 5.75 Å².